The van der Waals surface area contributed by atoms with Crippen LogP contribution in [0.2, 0.25) is 0 Å². The first-order valence-corrected chi connectivity index (χ1v) is 26.7. The third-order valence-corrected chi connectivity index (χ3v) is 14.1. The highest BCUT2D eigenvalue weighted by Crippen LogP contribution is 2.54. The fraction of sp³-hybridized carbons (Fsp3) is 0.186. The van der Waals surface area contributed by atoms with Gasteiger partial charge in [-0.25, -0.2) is 0 Å². The predicted octanol–water partition coefficient (Wildman–Crippen LogP) is 17.2. The Balaban J connectivity index is 0.993. The summed E-state index contributed by atoms with van der Waals surface area (Å²) in [5.74, 6) is 20.9. The number of unbranched alkanes of at least 4 members (excludes halogenated alkanes) is 6. The molecule has 0 radical (unpaired) electrons. The summed E-state index contributed by atoms with van der Waals surface area (Å²) in [6.45, 7) is 4.58. The number of para-hydroxylation sites is 4. The second kappa shape index (κ2) is 24.2. The molecule has 0 unspecified atom stereocenters. The summed E-state index contributed by atoms with van der Waals surface area (Å²) in [4.78, 5) is 18.9. The monoisotopic (exact) mass is 971 g/mol. The van der Waals surface area contributed by atoms with E-state index in [0.29, 0.717) is 17.5 Å². The van der Waals surface area contributed by atoms with Gasteiger partial charge in [0.15, 0.2) is 0 Å². The highest BCUT2D eigenvalue weighted by Gasteiger charge is 2.42. The Kier molecular flexibility index (Phi) is 16.0. The van der Waals surface area contributed by atoms with Crippen LogP contribution in [0.1, 0.15) is 123 Å². The van der Waals surface area contributed by atoms with E-state index in [1.165, 1.54) is 73.6 Å². The van der Waals surface area contributed by atoms with Crippen molar-refractivity contribution in [1.82, 2.24) is 15.0 Å². The Labute approximate surface area is 444 Å². The van der Waals surface area contributed by atoms with Crippen molar-refractivity contribution >= 4 is 34.1 Å². The minimum atomic E-state index is -0.0387. The molecule has 0 amide bonds. The Morgan fingerprint density at radius 1 is 0.320 bits per heavy atom. The third kappa shape index (κ3) is 11.8. The van der Waals surface area contributed by atoms with Crippen LogP contribution in [0.15, 0.2) is 212 Å². The van der Waals surface area contributed by atoms with E-state index >= 15 is 0 Å². The molecule has 75 heavy (non-hydrogen) atoms. The van der Waals surface area contributed by atoms with Crippen molar-refractivity contribution in [2.75, 3.05) is 9.80 Å². The van der Waals surface area contributed by atoms with Crippen LogP contribution >= 0.6 is 0 Å². The molecule has 0 fully saturated rings. The molecule has 0 N–H and O–H groups in total. The maximum atomic E-state index is 4.83. The highest BCUT2D eigenvalue weighted by molar-refractivity contribution is 5.82. The minimum Gasteiger partial charge on any atom is -0.311 e. The van der Waals surface area contributed by atoms with Crippen molar-refractivity contribution in [3.05, 3.63) is 258 Å². The van der Waals surface area contributed by atoms with E-state index in [0.717, 1.165) is 63.7 Å². The summed E-state index contributed by atoms with van der Waals surface area (Å²) >= 11 is 0. The SMILES string of the molecule is CCCCCCC1(CCCCCC)c2ccccc2-c2ccc(C#Cc3nc(C#Cc4ccc(N(c5ccccc5)c5ccccc5)cc4)nc(C#Cc4ccc(N(c5ccccc5)c5ccccc5)cc4)n3)cc21. The average molecular weight is 972 g/mol. The Bertz CT molecular complexity index is 3270. The van der Waals surface area contributed by atoms with Crippen LogP contribution in [-0.4, -0.2) is 15.0 Å². The van der Waals surface area contributed by atoms with Crippen molar-refractivity contribution in [2.45, 2.75) is 83.5 Å². The van der Waals surface area contributed by atoms with Gasteiger partial charge < -0.3 is 9.80 Å². The summed E-state index contributed by atoms with van der Waals surface area (Å²) in [5, 5.41) is 0. The van der Waals surface area contributed by atoms with E-state index in [4.69, 9.17) is 15.0 Å². The van der Waals surface area contributed by atoms with Crippen LogP contribution in [0, 0.1) is 35.5 Å². The lowest BCUT2D eigenvalue weighted by Gasteiger charge is -2.33. The Morgan fingerprint density at radius 3 is 1.08 bits per heavy atom. The van der Waals surface area contributed by atoms with E-state index in [1.807, 2.05) is 48.5 Å². The van der Waals surface area contributed by atoms with Crippen LogP contribution < -0.4 is 9.80 Å². The summed E-state index contributed by atoms with van der Waals surface area (Å²) in [5.41, 5.74) is 14.5. The number of hydrogen-bond acceptors (Lipinski definition) is 5. The third-order valence-electron chi connectivity index (χ3n) is 14.1. The van der Waals surface area contributed by atoms with Crippen LogP contribution in [0.3, 0.4) is 0 Å². The molecule has 1 heterocycles. The van der Waals surface area contributed by atoms with Crippen LogP contribution in [-0.2, 0) is 5.41 Å². The number of nitrogens with zero attached hydrogens (tertiary/aromatic N) is 5. The molecule has 0 saturated carbocycles. The molecular formula is C70H61N5. The highest BCUT2D eigenvalue weighted by atomic mass is 15.1. The van der Waals surface area contributed by atoms with Crippen molar-refractivity contribution < 1.29 is 0 Å². The fourth-order valence-electron chi connectivity index (χ4n) is 10.4. The molecule has 10 rings (SSSR count). The molecular weight excluding hydrogens is 911 g/mol. The number of aromatic nitrogens is 3. The zero-order valence-electron chi connectivity index (χ0n) is 43.0. The molecule has 0 atom stereocenters. The number of anilines is 6. The van der Waals surface area contributed by atoms with Gasteiger partial charge in [-0.2, -0.15) is 15.0 Å². The maximum Gasteiger partial charge on any atom is 0.210 e. The topological polar surface area (TPSA) is 45.2 Å². The first kappa shape index (κ1) is 49.6. The molecule has 1 aromatic heterocycles. The summed E-state index contributed by atoms with van der Waals surface area (Å²) in [6.07, 6.45) is 12.2. The largest absolute Gasteiger partial charge is 0.311 e. The molecule has 9 aromatic rings. The van der Waals surface area contributed by atoms with Gasteiger partial charge in [-0.1, -0.05) is 186 Å². The van der Waals surface area contributed by atoms with Gasteiger partial charge in [0.25, 0.3) is 0 Å². The van der Waals surface area contributed by atoms with E-state index < -0.39 is 0 Å². The average Bonchev–Trinajstić information content (AvgIpc) is 3.80. The van der Waals surface area contributed by atoms with E-state index in [-0.39, 0.29) is 5.41 Å². The normalized spacial score (nSPS) is 11.7. The first-order chi connectivity index (χ1) is 37.1. The van der Waals surface area contributed by atoms with Gasteiger partial charge >= 0.3 is 0 Å². The molecule has 0 bridgehead atoms. The van der Waals surface area contributed by atoms with E-state index in [1.54, 1.807) is 0 Å². The van der Waals surface area contributed by atoms with Crippen LogP contribution in [0.5, 0.6) is 0 Å². The summed E-state index contributed by atoms with van der Waals surface area (Å²) < 4.78 is 0. The van der Waals surface area contributed by atoms with Gasteiger partial charge in [0, 0.05) is 56.2 Å². The summed E-state index contributed by atoms with van der Waals surface area (Å²) in [6, 6.07) is 73.9. The van der Waals surface area contributed by atoms with Crippen LogP contribution in [0.25, 0.3) is 11.1 Å². The zero-order chi connectivity index (χ0) is 51.1. The van der Waals surface area contributed by atoms with Crippen molar-refractivity contribution in [3.8, 4) is 46.6 Å². The Hall–Kier alpha value is -8.95. The standard InChI is InChI=1S/C70H61N5/c1-3-5-7-23-51-70(52-24-8-6-4-2)65-34-22-21-33-63(65)64-47-39-56(53-66(64)70)42-50-69-72-67(48-40-54-35-43-61(44-36-54)74(57-25-13-9-14-26-57)58-27-15-10-16-28-58)71-68(73-69)49-41-55-37-45-62(46-38-55)75(59-29-17-11-18-30-59)60-31-19-12-20-32-60/h9-22,25-39,43-47,53H,3-8,23-24,51-52H2,1-2H3. The van der Waals surface area contributed by atoms with Gasteiger partial charge in [0.05, 0.1) is 0 Å². The molecule has 0 saturated heterocycles. The van der Waals surface area contributed by atoms with Gasteiger partial charge in [-0.05, 0) is 162 Å². The molecule has 1 aliphatic rings. The number of benzene rings is 8. The van der Waals surface area contributed by atoms with Gasteiger partial charge in [-0.3, -0.25) is 0 Å². The Morgan fingerprint density at radius 2 is 0.667 bits per heavy atom. The minimum absolute atomic E-state index is 0.0387. The number of fused-ring (bicyclic) bond motifs is 3. The lowest BCUT2D eigenvalue weighted by atomic mass is 9.70. The summed E-state index contributed by atoms with van der Waals surface area (Å²) in [7, 11) is 0. The van der Waals surface area contributed by atoms with Gasteiger partial charge in [0.2, 0.25) is 17.5 Å². The molecule has 0 spiro atoms. The molecule has 5 heteroatoms. The smallest absolute Gasteiger partial charge is 0.210 e. The quantitative estimate of drug-likeness (QED) is 0.0713. The number of hydrogen-bond donors (Lipinski definition) is 0. The fourth-order valence-corrected chi connectivity index (χ4v) is 10.4. The van der Waals surface area contributed by atoms with Crippen LogP contribution in [0.4, 0.5) is 34.1 Å². The second-order valence-electron chi connectivity index (χ2n) is 19.2. The predicted molar refractivity (Wildman–Crippen MR) is 310 cm³/mol. The first-order valence-electron chi connectivity index (χ1n) is 26.7. The van der Waals surface area contributed by atoms with E-state index in [9.17, 15) is 0 Å². The van der Waals surface area contributed by atoms with E-state index in [2.05, 4.69) is 223 Å². The molecule has 366 valence electrons. The maximum absolute atomic E-state index is 4.83. The lowest BCUT2D eigenvalue weighted by Crippen LogP contribution is -2.25. The van der Waals surface area contributed by atoms with Crippen molar-refractivity contribution in [3.63, 3.8) is 0 Å². The molecule has 0 aliphatic heterocycles. The second-order valence-corrected chi connectivity index (χ2v) is 19.2. The lowest BCUT2D eigenvalue weighted by molar-refractivity contribution is 0.401. The van der Waals surface area contributed by atoms with Crippen molar-refractivity contribution in [2.24, 2.45) is 0 Å². The zero-order valence-corrected chi connectivity index (χ0v) is 43.0. The molecule has 5 nitrogen and oxygen atoms in total. The molecule has 8 aromatic carbocycles. The number of rotatable bonds is 16. The van der Waals surface area contributed by atoms with Crippen molar-refractivity contribution in [1.29, 1.82) is 0 Å². The van der Waals surface area contributed by atoms with Gasteiger partial charge in [-0.15, -0.1) is 0 Å². The van der Waals surface area contributed by atoms with Gasteiger partial charge in [0.1, 0.15) is 0 Å². The molecule has 1 aliphatic carbocycles.